The van der Waals surface area contributed by atoms with Crippen molar-refractivity contribution in [1.29, 1.82) is 0 Å². The minimum Gasteiger partial charge on any atom is -0.316 e. The fraction of sp³-hybridized carbons (Fsp3) is 0.333. The van der Waals surface area contributed by atoms with Crippen LogP contribution < -0.4 is 5.32 Å². The van der Waals surface area contributed by atoms with Gasteiger partial charge in [-0.15, -0.1) is 0 Å². The molecular formula is C18H21F2N. The van der Waals surface area contributed by atoms with Crippen molar-refractivity contribution >= 4 is 0 Å². The van der Waals surface area contributed by atoms with Crippen LogP contribution >= 0.6 is 0 Å². The lowest BCUT2D eigenvalue weighted by molar-refractivity contribution is 0.547. The van der Waals surface area contributed by atoms with Gasteiger partial charge < -0.3 is 5.32 Å². The molecule has 0 aliphatic heterocycles. The minimum absolute atomic E-state index is 0.172. The predicted molar refractivity (Wildman–Crippen MR) is 82.5 cm³/mol. The molecule has 0 aromatic heterocycles. The molecule has 1 N–H and O–H groups in total. The molecule has 0 radical (unpaired) electrons. The normalized spacial score (nSPS) is 12.4. The smallest absolute Gasteiger partial charge is 0.129 e. The Kier molecular flexibility index (Phi) is 5.45. The van der Waals surface area contributed by atoms with Gasteiger partial charge in [0.25, 0.3) is 0 Å². The maximum absolute atomic E-state index is 13.9. The van der Waals surface area contributed by atoms with Crippen molar-refractivity contribution in [3.05, 3.63) is 70.8 Å². The highest BCUT2D eigenvalue weighted by atomic mass is 19.1. The zero-order valence-corrected chi connectivity index (χ0v) is 12.5. The lowest BCUT2D eigenvalue weighted by Crippen LogP contribution is -2.23. The zero-order valence-electron chi connectivity index (χ0n) is 12.5. The van der Waals surface area contributed by atoms with E-state index in [-0.39, 0.29) is 5.92 Å². The summed E-state index contributed by atoms with van der Waals surface area (Å²) in [4.78, 5) is 0. The van der Waals surface area contributed by atoms with E-state index in [1.165, 1.54) is 23.3 Å². The van der Waals surface area contributed by atoms with Crippen LogP contribution in [0.2, 0.25) is 0 Å². The van der Waals surface area contributed by atoms with Gasteiger partial charge in [-0.05, 0) is 37.1 Å². The Hall–Kier alpha value is -1.74. The minimum atomic E-state index is -0.533. The molecule has 0 bridgehead atoms. The van der Waals surface area contributed by atoms with Crippen molar-refractivity contribution in [3.63, 3.8) is 0 Å². The van der Waals surface area contributed by atoms with Gasteiger partial charge >= 0.3 is 0 Å². The van der Waals surface area contributed by atoms with Crippen LogP contribution in [0.3, 0.4) is 0 Å². The van der Waals surface area contributed by atoms with Gasteiger partial charge in [-0.3, -0.25) is 0 Å². The molecule has 0 spiro atoms. The highest BCUT2D eigenvalue weighted by molar-refractivity contribution is 5.28. The van der Waals surface area contributed by atoms with Gasteiger partial charge in [-0.25, -0.2) is 8.78 Å². The van der Waals surface area contributed by atoms with E-state index < -0.39 is 11.6 Å². The van der Waals surface area contributed by atoms with Gasteiger partial charge in [0.1, 0.15) is 11.6 Å². The van der Waals surface area contributed by atoms with E-state index in [0.29, 0.717) is 12.0 Å². The van der Waals surface area contributed by atoms with Gasteiger partial charge in [0.2, 0.25) is 0 Å². The first-order valence-corrected chi connectivity index (χ1v) is 7.31. The van der Waals surface area contributed by atoms with E-state index in [4.69, 9.17) is 0 Å². The van der Waals surface area contributed by atoms with Crippen molar-refractivity contribution < 1.29 is 8.78 Å². The first-order chi connectivity index (χ1) is 10.1. The zero-order chi connectivity index (χ0) is 15.2. The molecule has 2 aromatic rings. The number of aryl methyl sites for hydroxylation is 1. The Morgan fingerprint density at radius 1 is 1.05 bits per heavy atom. The van der Waals surface area contributed by atoms with Crippen molar-refractivity contribution in [2.75, 3.05) is 13.1 Å². The van der Waals surface area contributed by atoms with Gasteiger partial charge in [-0.2, -0.15) is 0 Å². The Balaban J connectivity index is 2.21. The number of benzene rings is 2. The number of rotatable bonds is 6. The van der Waals surface area contributed by atoms with Crippen molar-refractivity contribution in [2.45, 2.75) is 26.2 Å². The van der Waals surface area contributed by atoms with E-state index in [1.807, 2.05) is 13.8 Å². The third-order valence-corrected chi connectivity index (χ3v) is 3.67. The predicted octanol–water partition coefficient (Wildman–Crippen LogP) is 4.21. The highest BCUT2D eigenvalue weighted by Crippen LogP contribution is 2.23. The molecule has 0 aliphatic carbocycles. The number of nitrogens with one attached hydrogen (secondary N) is 1. The van der Waals surface area contributed by atoms with Crippen molar-refractivity contribution in [1.82, 2.24) is 5.32 Å². The summed E-state index contributed by atoms with van der Waals surface area (Å²) in [7, 11) is 0. The molecular weight excluding hydrogens is 268 g/mol. The molecule has 3 heteroatoms. The average molecular weight is 289 g/mol. The second-order valence-corrected chi connectivity index (χ2v) is 5.36. The number of likely N-dealkylation sites (N-methyl/N-ethyl adjacent to an activating group) is 1. The number of hydrogen-bond acceptors (Lipinski definition) is 1. The fourth-order valence-corrected chi connectivity index (χ4v) is 2.42. The van der Waals surface area contributed by atoms with Crippen LogP contribution in [0.1, 0.15) is 29.5 Å². The van der Waals surface area contributed by atoms with E-state index in [0.717, 1.165) is 19.2 Å². The fourth-order valence-electron chi connectivity index (χ4n) is 2.42. The van der Waals surface area contributed by atoms with Crippen LogP contribution in [-0.2, 0) is 6.42 Å². The van der Waals surface area contributed by atoms with E-state index in [2.05, 4.69) is 29.6 Å². The van der Waals surface area contributed by atoms with E-state index in [1.54, 1.807) is 0 Å². The van der Waals surface area contributed by atoms with Crippen LogP contribution in [0.15, 0.2) is 42.5 Å². The molecule has 0 aliphatic rings. The molecule has 112 valence electrons. The van der Waals surface area contributed by atoms with E-state index >= 15 is 0 Å². The van der Waals surface area contributed by atoms with Crippen molar-refractivity contribution in [2.24, 2.45) is 0 Å². The largest absolute Gasteiger partial charge is 0.316 e. The Morgan fingerprint density at radius 2 is 1.76 bits per heavy atom. The number of halogens is 2. The van der Waals surface area contributed by atoms with Crippen LogP contribution in [0, 0.1) is 18.6 Å². The SMILES string of the molecule is CCNCC(Cc1ccc(F)cc1F)c1ccc(C)cc1. The highest BCUT2D eigenvalue weighted by Gasteiger charge is 2.15. The standard InChI is InChI=1S/C18H21F2N/c1-3-21-12-16(14-6-4-13(2)5-7-14)10-15-8-9-17(19)11-18(15)20/h4-9,11,16,21H,3,10,12H2,1-2H3. The monoisotopic (exact) mass is 289 g/mol. The first kappa shape index (κ1) is 15.6. The molecule has 21 heavy (non-hydrogen) atoms. The molecule has 0 fully saturated rings. The Morgan fingerprint density at radius 3 is 2.38 bits per heavy atom. The Bertz CT molecular complexity index is 578. The summed E-state index contributed by atoms with van der Waals surface area (Å²) in [5.74, 6) is -0.830. The molecule has 0 saturated carbocycles. The molecule has 0 amide bonds. The summed E-state index contributed by atoms with van der Waals surface area (Å²) in [6.45, 7) is 5.73. The van der Waals surface area contributed by atoms with Gasteiger partial charge in [-0.1, -0.05) is 42.8 Å². The number of hydrogen-bond donors (Lipinski definition) is 1. The summed E-state index contributed by atoms with van der Waals surface area (Å²) in [5.41, 5.74) is 2.93. The summed E-state index contributed by atoms with van der Waals surface area (Å²) in [5, 5.41) is 3.32. The average Bonchev–Trinajstić information content (AvgIpc) is 2.46. The van der Waals surface area contributed by atoms with Crippen LogP contribution in [0.4, 0.5) is 8.78 Å². The summed E-state index contributed by atoms with van der Waals surface area (Å²) >= 11 is 0. The molecule has 2 rings (SSSR count). The molecule has 0 saturated heterocycles. The van der Waals surface area contributed by atoms with E-state index in [9.17, 15) is 8.78 Å². The van der Waals surface area contributed by atoms with Crippen LogP contribution in [0.5, 0.6) is 0 Å². The quantitative estimate of drug-likeness (QED) is 0.840. The topological polar surface area (TPSA) is 12.0 Å². The van der Waals surface area contributed by atoms with Crippen LogP contribution in [-0.4, -0.2) is 13.1 Å². The second-order valence-electron chi connectivity index (χ2n) is 5.36. The van der Waals surface area contributed by atoms with Crippen molar-refractivity contribution in [3.8, 4) is 0 Å². The van der Waals surface area contributed by atoms with Crippen LogP contribution in [0.25, 0.3) is 0 Å². The lowest BCUT2D eigenvalue weighted by Gasteiger charge is -2.18. The molecule has 1 atom stereocenters. The lowest BCUT2D eigenvalue weighted by atomic mass is 9.91. The molecule has 2 aromatic carbocycles. The summed E-state index contributed by atoms with van der Waals surface area (Å²) < 4.78 is 26.9. The second kappa shape index (κ2) is 7.32. The third kappa shape index (κ3) is 4.36. The maximum atomic E-state index is 13.9. The molecule has 1 nitrogen and oxygen atoms in total. The molecule has 0 heterocycles. The van der Waals surface area contributed by atoms with Gasteiger partial charge in [0.15, 0.2) is 0 Å². The van der Waals surface area contributed by atoms with Gasteiger partial charge in [0, 0.05) is 18.5 Å². The van der Waals surface area contributed by atoms with Gasteiger partial charge in [0.05, 0.1) is 0 Å². The molecule has 1 unspecified atom stereocenters. The maximum Gasteiger partial charge on any atom is 0.129 e. The summed E-state index contributed by atoms with van der Waals surface area (Å²) in [6, 6.07) is 12.1. The summed E-state index contributed by atoms with van der Waals surface area (Å²) in [6.07, 6.45) is 0.558. The third-order valence-electron chi connectivity index (χ3n) is 3.67. The first-order valence-electron chi connectivity index (χ1n) is 7.31. The Labute approximate surface area is 125 Å².